The summed E-state index contributed by atoms with van der Waals surface area (Å²) in [5, 5.41) is 14.3. The molecule has 1 aliphatic heterocycles. The van der Waals surface area contributed by atoms with Gasteiger partial charge < -0.3 is 30.5 Å². The van der Waals surface area contributed by atoms with Gasteiger partial charge in [-0.15, -0.1) is 0 Å². The molecule has 4 N–H and O–H groups in total. The number of carboxylic acid groups (broad SMARTS) is 1. The van der Waals surface area contributed by atoms with E-state index in [0.29, 0.717) is 11.3 Å². The SMILES string of the molecule is CN1CCN(C(=O)c2ccc(-c3ccc4[nH]c(C(=O)NCCNC(=O)O)cc4c3)cc2)CC1. The number of hydrogen-bond acceptors (Lipinski definition) is 4. The summed E-state index contributed by atoms with van der Waals surface area (Å²) >= 11 is 0. The van der Waals surface area contributed by atoms with Crippen LogP contribution in [-0.2, 0) is 0 Å². The monoisotopic (exact) mass is 449 g/mol. The number of likely N-dealkylation sites (N-methyl/N-ethyl adjacent to an activating group) is 1. The lowest BCUT2D eigenvalue weighted by molar-refractivity contribution is 0.0664. The molecule has 2 aromatic carbocycles. The number of carbonyl (C=O) groups is 3. The van der Waals surface area contributed by atoms with Crippen molar-refractivity contribution in [1.29, 1.82) is 0 Å². The summed E-state index contributed by atoms with van der Waals surface area (Å²) < 4.78 is 0. The maximum Gasteiger partial charge on any atom is 0.404 e. The van der Waals surface area contributed by atoms with E-state index in [9.17, 15) is 14.4 Å². The second-order valence-electron chi connectivity index (χ2n) is 8.15. The Morgan fingerprint density at radius 2 is 1.58 bits per heavy atom. The Labute approximate surface area is 191 Å². The Balaban J connectivity index is 1.43. The molecule has 1 aliphatic rings. The largest absolute Gasteiger partial charge is 0.465 e. The molecular weight excluding hydrogens is 422 g/mol. The molecule has 0 saturated carbocycles. The number of amides is 3. The van der Waals surface area contributed by atoms with Gasteiger partial charge in [0.05, 0.1) is 0 Å². The molecule has 0 atom stereocenters. The van der Waals surface area contributed by atoms with Crippen molar-refractivity contribution in [3.8, 4) is 11.1 Å². The first kappa shape index (κ1) is 22.3. The molecule has 0 aliphatic carbocycles. The molecule has 4 rings (SSSR count). The van der Waals surface area contributed by atoms with Crippen LogP contribution in [-0.4, -0.2) is 84.1 Å². The van der Waals surface area contributed by atoms with Gasteiger partial charge in [0.15, 0.2) is 0 Å². The molecule has 3 amide bonds. The Morgan fingerprint density at radius 1 is 0.909 bits per heavy atom. The second-order valence-corrected chi connectivity index (χ2v) is 8.15. The molecule has 2 heterocycles. The Bertz CT molecular complexity index is 1160. The third-order valence-electron chi connectivity index (χ3n) is 5.81. The highest BCUT2D eigenvalue weighted by Crippen LogP contribution is 2.26. The standard InChI is InChI=1S/C24H27N5O4/c1-28-10-12-29(13-11-28)23(31)17-4-2-16(3-5-17)18-6-7-20-19(14-18)15-21(27-20)22(30)25-8-9-26-24(32)33/h2-7,14-15,26-27H,8-13H2,1H3,(H,25,30)(H,32,33). The molecule has 3 aromatic rings. The minimum Gasteiger partial charge on any atom is -0.465 e. The number of carbonyl (C=O) groups excluding carboxylic acids is 2. The number of fused-ring (bicyclic) bond motifs is 1. The number of nitrogens with one attached hydrogen (secondary N) is 3. The molecule has 0 unspecified atom stereocenters. The summed E-state index contributed by atoms with van der Waals surface area (Å²) in [5.74, 6) is -0.239. The quantitative estimate of drug-likeness (QED) is 0.431. The number of H-pyrrole nitrogens is 1. The third kappa shape index (κ3) is 5.32. The van der Waals surface area contributed by atoms with Gasteiger partial charge >= 0.3 is 6.09 Å². The fraction of sp³-hybridized carbons (Fsp3) is 0.292. The van der Waals surface area contributed by atoms with Crippen LogP contribution in [0.4, 0.5) is 4.79 Å². The van der Waals surface area contributed by atoms with Gasteiger partial charge in [-0.25, -0.2) is 4.79 Å². The zero-order chi connectivity index (χ0) is 23.4. The predicted molar refractivity (Wildman–Crippen MR) is 125 cm³/mol. The van der Waals surface area contributed by atoms with Gasteiger partial charge in [-0.05, 0) is 48.5 Å². The maximum atomic E-state index is 12.8. The van der Waals surface area contributed by atoms with Crippen molar-refractivity contribution in [1.82, 2.24) is 25.4 Å². The van der Waals surface area contributed by atoms with Crippen LogP contribution >= 0.6 is 0 Å². The lowest BCUT2D eigenvalue weighted by Gasteiger charge is -2.32. The first-order valence-corrected chi connectivity index (χ1v) is 10.9. The van der Waals surface area contributed by atoms with E-state index in [1.54, 1.807) is 6.07 Å². The number of benzene rings is 2. The number of hydrogen-bond donors (Lipinski definition) is 4. The van der Waals surface area contributed by atoms with Crippen LogP contribution in [0.3, 0.4) is 0 Å². The zero-order valence-corrected chi connectivity index (χ0v) is 18.4. The van der Waals surface area contributed by atoms with Crippen LogP contribution < -0.4 is 10.6 Å². The number of nitrogens with zero attached hydrogens (tertiary/aromatic N) is 2. The number of aromatic amines is 1. The van der Waals surface area contributed by atoms with Crippen LogP contribution in [0.1, 0.15) is 20.8 Å². The highest BCUT2D eigenvalue weighted by atomic mass is 16.4. The molecule has 0 spiro atoms. The minimum atomic E-state index is -1.13. The fourth-order valence-corrected chi connectivity index (χ4v) is 3.87. The molecule has 1 fully saturated rings. The van der Waals surface area contributed by atoms with Crippen LogP contribution in [0.5, 0.6) is 0 Å². The second kappa shape index (κ2) is 9.74. The van der Waals surface area contributed by atoms with E-state index in [1.165, 1.54) is 0 Å². The molecule has 1 aromatic heterocycles. The number of piperazine rings is 1. The van der Waals surface area contributed by atoms with Gasteiger partial charge in [-0.1, -0.05) is 18.2 Å². The molecule has 9 nitrogen and oxygen atoms in total. The molecule has 172 valence electrons. The van der Waals surface area contributed by atoms with Gasteiger partial charge in [-0.3, -0.25) is 9.59 Å². The smallest absolute Gasteiger partial charge is 0.404 e. The maximum absolute atomic E-state index is 12.8. The Morgan fingerprint density at radius 3 is 2.27 bits per heavy atom. The molecule has 0 bridgehead atoms. The number of aromatic nitrogens is 1. The number of rotatable bonds is 6. The Kier molecular flexibility index (Phi) is 6.60. The zero-order valence-electron chi connectivity index (χ0n) is 18.4. The molecule has 1 saturated heterocycles. The third-order valence-corrected chi connectivity index (χ3v) is 5.81. The molecule has 33 heavy (non-hydrogen) atoms. The van der Waals surface area contributed by atoms with Gasteiger partial charge in [0.2, 0.25) is 0 Å². The highest BCUT2D eigenvalue weighted by Gasteiger charge is 2.20. The first-order chi connectivity index (χ1) is 15.9. The van der Waals surface area contributed by atoms with Crippen molar-refractivity contribution in [2.24, 2.45) is 0 Å². The normalized spacial score (nSPS) is 14.3. The van der Waals surface area contributed by atoms with E-state index in [0.717, 1.165) is 48.2 Å². The first-order valence-electron chi connectivity index (χ1n) is 10.9. The summed E-state index contributed by atoms with van der Waals surface area (Å²) in [6, 6.07) is 15.3. The van der Waals surface area contributed by atoms with Crippen molar-refractivity contribution in [2.45, 2.75) is 0 Å². The molecule has 9 heteroatoms. The summed E-state index contributed by atoms with van der Waals surface area (Å²) in [4.78, 5) is 42.7. The van der Waals surface area contributed by atoms with E-state index in [-0.39, 0.29) is 24.9 Å². The van der Waals surface area contributed by atoms with E-state index in [4.69, 9.17) is 5.11 Å². The van der Waals surface area contributed by atoms with Crippen molar-refractivity contribution in [2.75, 3.05) is 46.3 Å². The summed E-state index contributed by atoms with van der Waals surface area (Å²) in [6.07, 6.45) is -1.13. The predicted octanol–water partition coefficient (Wildman–Crippen LogP) is 2.22. The average molecular weight is 450 g/mol. The lowest BCUT2D eigenvalue weighted by atomic mass is 10.0. The van der Waals surface area contributed by atoms with E-state index >= 15 is 0 Å². The average Bonchev–Trinajstić information content (AvgIpc) is 3.25. The highest BCUT2D eigenvalue weighted by molar-refractivity contribution is 5.99. The van der Waals surface area contributed by atoms with Gasteiger partial charge in [0.1, 0.15) is 5.69 Å². The van der Waals surface area contributed by atoms with Crippen LogP contribution in [0.25, 0.3) is 22.0 Å². The van der Waals surface area contributed by atoms with E-state index in [2.05, 4.69) is 27.6 Å². The summed E-state index contributed by atoms with van der Waals surface area (Å²) in [5.41, 5.74) is 3.89. The van der Waals surface area contributed by atoms with Gasteiger partial charge in [-0.2, -0.15) is 0 Å². The van der Waals surface area contributed by atoms with E-state index < -0.39 is 6.09 Å². The van der Waals surface area contributed by atoms with Gasteiger partial charge in [0.25, 0.3) is 11.8 Å². The summed E-state index contributed by atoms with van der Waals surface area (Å²) in [7, 11) is 2.06. The summed E-state index contributed by atoms with van der Waals surface area (Å²) in [6.45, 7) is 3.60. The topological polar surface area (TPSA) is 118 Å². The lowest BCUT2D eigenvalue weighted by Crippen LogP contribution is -2.47. The molecule has 0 radical (unpaired) electrons. The minimum absolute atomic E-state index is 0.0601. The molecular formula is C24H27N5O4. The van der Waals surface area contributed by atoms with Crippen LogP contribution in [0, 0.1) is 0 Å². The van der Waals surface area contributed by atoms with Crippen LogP contribution in [0.15, 0.2) is 48.5 Å². The van der Waals surface area contributed by atoms with Gasteiger partial charge in [0, 0.05) is 55.7 Å². The van der Waals surface area contributed by atoms with E-state index in [1.807, 2.05) is 47.4 Å². The van der Waals surface area contributed by atoms with Crippen molar-refractivity contribution in [3.05, 3.63) is 59.8 Å². The fourth-order valence-electron chi connectivity index (χ4n) is 3.87. The van der Waals surface area contributed by atoms with Crippen LogP contribution in [0.2, 0.25) is 0 Å². The Hall–Kier alpha value is -3.85. The van der Waals surface area contributed by atoms with Crippen molar-refractivity contribution < 1.29 is 19.5 Å². The van der Waals surface area contributed by atoms with Crippen molar-refractivity contribution in [3.63, 3.8) is 0 Å². The van der Waals surface area contributed by atoms with Crippen molar-refractivity contribution >= 4 is 28.8 Å².